The van der Waals surface area contributed by atoms with E-state index in [2.05, 4.69) is 13.8 Å². The van der Waals surface area contributed by atoms with Crippen molar-refractivity contribution in [1.29, 1.82) is 0 Å². The Bertz CT molecular complexity index is 1110. The molecule has 0 aliphatic rings. The minimum Gasteiger partial charge on any atom is -0.550 e. The van der Waals surface area contributed by atoms with Crippen molar-refractivity contribution in [3.8, 4) is 0 Å². The zero-order valence-corrected chi connectivity index (χ0v) is 41.8. The number of aliphatic hydroxyl groups excluding tert-OH is 2. The number of ether oxygens (including phenoxy) is 2. The molecule has 0 radical (unpaired) electrons. The molecule has 2 N–H and O–H groups in total. The minimum atomic E-state index is -1.10. The van der Waals surface area contributed by atoms with Gasteiger partial charge in [0.2, 0.25) is 0 Å². The predicted molar refractivity (Wildman–Crippen MR) is 238 cm³/mol. The molecule has 0 saturated carbocycles. The van der Waals surface area contributed by atoms with Gasteiger partial charge in [0.1, 0.15) is 0 Å². The van der Waals surface area contributed by atoms with Crippen LogP contribution in [0.1, 0.15) is 205 Å². The third kappa shape index (κ3) is 38.2. The minimum absolute atomic E-state index is 0. The molecular weight excluding hydrogens is 866 g/mol. The molecule has 9 heteroatoms. The molecule has 0 spiro atoms. The number of carbonyl (C=O) groups is 2. The maximum Gasteiger partial charge on any atom is 2.00 e. The molecule has 0 bridgehead atoms. The normalized spacial score (nSPS) is 13.1. The predicted octanol–water partition coefficient (Wildman–Crippen LogP) is 9.95. The van der Waals surface area contributed by atoms with E-state index in [1.54, 1.807) is 0 Å². The molecule has 0 saturated heterocycles. The van der Waals surface area contributed by atoms with E-state index in [0.29, 0.717) is 38.9 Å². The van der Waals surface area contributed by atoms with Crippen molar-refractivity contribution in [3.63, 3.8) is 0 Å². The molecule has 0 amide bonds. The number of hydrogen-bond donors (Lipinski definition) is 2. The van der Waals surface area contributed by atoms with Crippen LogP contribution in [-0.4, -0.2) is 95.4 Å². The van der Waals surface area contributed by atoms with Gasteiger partial charge in [-0.3, -0.25) is 0 Å². The van der Waals surface area contributed by atoms with E-state index in [9.17, 15) is 30.0 Å². The Morgan fingerprint density at radius 3 is 1.03 bits per heavy atom. The van der Waals surface area contributed by atoms with Crippen LogP contribution >= 0.6 is 0 Å². The molecule has 8 nitrogen and oxygen atoms in total. The summed E-state index contributed by atoms with van der Waals surface area (Å²) in [5, 5.41) is 42.4. The summed E-state index contributed by atoms with van der Waals surface area (Å²) >= 11 is 0. The topological polar surface area (TPSA) is 139 Å². The number of benzene rings is 2. The smallest absolute Gasteiger partial charge is 0.550 e. The maximum absolute atomic E-state index is 11.0. The Morgan fingerprint density at radius 1 is 0.458 bits per heavy atom. The van der Waals surface area contributed by atoms with Crippen LogP contribution in [0.25, 0.3) is 0 Å². The van der Waals surface area contributed by atoms with Crippen LogP contribution in [0.2, 0.25) is 0 Å². The first-order valence-electron chi connectivity index (χ1n) is 23.3. The monoisotopic (exact) mass is 949 g/mol. The number of carbonyl (C=O) groups excluding carboxylic acids is 2. The number of carboxylic acid groups (broad SMARTS) is 2. The van der Waals surface area contributed by atoms with E-state index >= 15 is 0 Å². The quantitative estimate of drug-likeness (QED) is 0.0501. The summed E-state index contributed by atoms with van der Waals surface area (Å²) in [6.45, 7) is 5.26. The van der Waals surface area contributed by atoms with Crippen LogP contribution in [-0.2, 0) is 32.3 Å². The van der Waals surface area contributed by atoms with Crippen molar-refractivity contribution < 1.29 is 39.5 Å². The second-order valence-electron chi connectivity index (χ2n) is 16.4. The molecule has 4 unspecified atom stereocenters. The van der Waals surface area contributed by atoms with E-state index in [1.807, 2.05) is 60.7 Å². The van der Waals surface area contributed by atoms with Gasteiger partial charge in [-0.05, 0) is 49.7 Å². The second kappa shape index (κ2) is 42.1. The van der Waals surface area contributed by atoms with Gasteiger partial charge >= 0.3 is 48.9 Å². The number of aliphatic hydroxyl groups is 2. The molecule has 59 heavy (non-hydrogen) atoms. The molecule has 0 heterocycles. The Kier molecular flexibility index (Phi) is 41.2. The summed E-state index contributed by atoms with van der Waals surface area (Å²) in [5.41, 5.74) is 2.03. The largest absolute Gasteiger partial charge is 2.00 e. The van der Waals surface area contributed by atoms with Crippen LogP contribution in [0.4, 0.5) is 0 Å². The Labute approximate surface area is 400 Å². The third-order valence-corrected chi connectivity index (χ3v) is 10.9. The molecule has 0 aliphatic carbocycles. The van der Waals surface area contributed by atoms with Gasteiger partial charge < -0.3 is 39.5 Å². The standard InChI is InChI=1S/2C25H42O4.Ba/c2*1-2-3-4-5-6-7-8-9-10-14-17-23(26)18-19-24(20-25(27)28)29-21-22-15-12-11-13-16-22;/h2*11-13,15-16,23-24,26H,2-10,14,17-21H2,1H3,(H,27,28);/q;;+2/p-2. The zero-order chi connectivity index (χ0) is 42.3. The molecule has 332 valence electrons. The van der Waals surface area contributed by atoms with Crippen molar-refractivity contribution in [3.05, 3.63) is 71.8 Å². The Hall–Kier alpha value is -1.21. The van der Waals surface area contributed by atoms with Gasteiger partial charge in [-0.2, -0.15) is 0 Å². The summed E-state index contributed by atoms with van der Waals surface area (Å²) in [4.78, 5) is 22.0. The first kappa shape index (κ1) is 57.8. The van der Waals surface area contributed by atoms with Crippen molar-refractivity contribution in [2.45, 2.75) is 231 Å². The van der Waals surface area contributed by atoms with Crippen molar-refractivity contribution in [2.24, 2.45) is 0 Å². The summed E-state index contributed by atoms with van der Waals surface area (Å²) < 4.78 is 11.5. The molecule has 0 aliphatic heterocycles. The number of rotatable bonds is 38. The molecule has 0 aromatic heterocycles. The summed E-state index contributed by atoms with van der Waals surface area (Å²) in [6.07, 6.45) is 27.6. The van der Waals surface area contributed by atoms with E-state index in [-0.39, 0.29) is 73.9 Å². The van der Waals surface area contributed by atoms with Crippen LogP contribution in [0.15, 0.2) is 60.7 Å². The van der Waals surface area contributed by atoms with Crippen LogP contribution in [0.3, 0.4) is 0 Å². The second-order valence-corrected chi connectivity index (χ2v) is 16.4. The van der Waals surface area contributed by atoms with E-state index in [4.69, 9.17) is 9.47 Å². The summed E-state index contributed by atoms with van der Waals surface area (Å²) in [6, 6.07) is 19.4. The van der Waals surface area contributed by atoms with Gasteiger partial charge in [0, 0.05) is 24.8 Å². The van der Waals surface area contributed by atoms with Gasteiger partial charge in [-0.15, -0.1) is 0 Å². The fourth-order valence-corrected chi connectivity index (χ4v) is 7.22. The average molecular weight is 949 g/mol. The van der Waals surface area contributed by atoms with Crippen molar-refractivity contribution in [2.75, 3.05) is 0 Å². The van der Waals surface area contributed by atoms with Crippen molar-refractivity contribution >= 4 is 60.8 Å². The SMILES string of the molecule is CCCCCCCCCCCCC(O)CCC(CC(=O)[O-])OCc1ccccc1.CCCCCCCCCCCCC(O)CCC(CC(=O)[O-])OCc1ccccc1.[Ba+2]. The Balaban J connectivity index is 0.00000112. The third-order valence-electron chi connectivity index (χ3n) is 10.9. The number of unbranched alkanes of at least 4 members (excludes halogenated alkanes) is 18. The summed E-state index contributed by atoms with van der Waals surface area (Å²) in [5.74, 6) is -2.21. The fraction of sp³-hybridized carbons (Fsp3) is 0.720. The fourth-order valence-electron chi connectivity index (χ4n) is 7.22. The van der Waals surface area contributed by atoms with Crippen LogP contribution in [0.5, 0.6) is 0 Å². The van der Waals surface area contributed by atoms with Gasteiger partial charge in [0.05, 0.1) is 37.6 Å². The van der Waals surface area contributed by atoms with Gasteiger partial charge in [0.25, 0.3) is 0 Å². The molecule has 2 aromatic carbocycles. The van der Waals surface area contributed by atoms with Gasteiger partial charge in [0.15, 0.2) is 0 Å². The number of aliphatic carboxylic acids is 2. The first-order valence-corrected chi connectivity index (χ1v) is 23.3. The van der Waals surface area contributed by atoms with Crippen LogP contribution in [0, 0.1) is 0 Å². The average Bonchev–Trinajstić information content (AvgIpc) is 3.22. The van der Waals surface area contributed by atoms with E-state index in [1.165, 1.54) is 116 Å². The van der Waals surface area contributed by atoms with E-state index < -0.39 is 24.1 Å². The van der Waals surface area contributed by atoms with Crippen molar-refractivity contribution in [1.82, 2.24) is 0 Å². The maximum atomic E-state index is 11.0. The molecule has 2 rings (SSSR count). The van der Waals surface area contributed by atoms with Gasteiger partial charge in [-0.25, -0.2) is 0 Å². The summed E-state index contributed by atoms with van der Waals surface area (Å²) in [7, 11) is 0. The molecule has 4 atom stereocenters. The van der Waals surface area contributed by atoms with Crippen LogP contribution < -0.4 is 10.2 Å². The molecular formula is C50H82BaO8. The number of carboxylic acids is 2. The van der Waals surface area contributed by atoms with Gasteiger partial charge in [-0.1, -0.05) is 203 Å². The number of hydrogen-bond acceptors (Lipinski definition) is 8. The zero-order valence-electron chi connectivity index (χ0n) is 37.3. The molecule has 0 fully saturated rings. The van der Waals surface area contributed by atoms with E-state index in [0.717, 1.165) is 36.8 Å². The first-order chi connectivity index (χ1) is 28.2. The molecule has 2 aromatic rings. The Morgan fingerprint density at radius 2 is 0.746 bits per heavy atom.